The van der Waals surface area contributed by atoms with E-state index in [-0.39, 0.29) is 18.2 Å². The van der Waals surface area contributed by atoms with Crippen LogP contribution in [0.5, 0.6) is 5.75 Å². The minimum Gasteiger partial charge on any atom is -0.493 e. The third kappa shape index (κ3) is 4.67. The van der Waals surface area contributed by atoms with Crippen molar-refractivity contribution in [2.24, 2.45) is 0 Å². The Bertz CT molecular complexity index is 632. The van der Waals surface area contributed by atoms with Crippen LogP contribution in [0.2, 0.25) is 0 Å². The number of aliphatic carboxylic acids is 1. The van der Waals surface area contributed by atoms with Crippen LogP contribution in [0.25, 0.3) is 0 Å². The number of carboxylic acids is 1. The smallest absolute Gasteiger partial charge is 0.303 e. The van der Waals surface area contributed by atoms with E-state index in [4.69, 9.17) is 9.84 Å². The van der Waals surface area contributed by atoms with Gasteiger partial charge in [0.1, 0.15) is 5.75 Å². The van der Waals surface area contributed by atoms with Crippen LogP contribution in [0.15, 0.2) is 30.4 Å². The maximum absolute atomic E-state index is 11.4. The summed E-state index contributed by atoms with van der Waals surface area (Å²) >= 11 is 0. The van der Waals surface area contributed by atoms with Crippen LogP contribution in [0, 0.1) is 6.92 Å². The second-order valence-corrected chi connectivity index (χ2v) is 5.36. The SMILES string of the molecule is Cc1cc(CCC(=O)O)ccc1OCCCN1C(=O)C=CC1=O. The van der Waals surface area contributed by atoms with Crippen LogP contribution < -0.4 is 4.74 Å². The van der Waals surface area contributed by atoms with Gasteiger partial charge in [-0.2, -0.15) is 0 Å². The predicted octanol–water partition coefficient (Wildman–Crippen LogP) is 1.71. The van der Waals surface area contributed by atoms with Gasteiger partial charge >= 0.3 is 5.97 Å². The van der Waals surface area contributed by atoms with E-state index < -0.39 is 5.97 Å². The van der Waals surface area contributed by atoms with E-state index in [1.54, 1.807) is 0 Å². The fourth-order valence-corrected chi connectivity index (χ4v) is 2.34. The van der Waals surface area contributed by atoms with Crippen LogP contribution in [-0.4, -0.2) is 40.9 Å². The third-order valence-electron chi connectivity index (χ3n) is 3.55. The molecular formula is C17H19NO5. The first-order chi connectivity index (χ1) is 11.0. The van der Waals surface area contributed by atoms with Gasteiger partial charge in [-0.05, 0) is 37.0 Å². The van der Waals surface area contributed by atoms with Gasteiger partial charge in [0.25, 0.3) is 11.8 Å². The maximum Gasteiger partial charge on any atom is 0.303 e. The first-order valence-corrected chi connectivity index (χ1v) is 7.45. The summed E-state index contributed by atoms with van der Waals surface area (Å²) in [5.41, 5.74) is 1.89. The van der Waals surface area contributed by atoms with Crippen molar-refractivity contribution < 1.29 is 24.2 Å². The number of hydrogen-bond donors (Lipinski definition) is 1. The Morgan fingerprint density at radius 3 is 2.52 bits per heavy atom. The summed E-state index contributed by atoms with van der Waals surface area (Å²) < 4.78 is 5.66. The summed E-state index contributed by atoms with van der Waals surface area (Å²) in [7, 11) is 0. The van der Waals surface area contributed by atoms with Crippen LogP contribution in [0.3, 0.4) is 0 Å². The molecule has 1 aliphatic rings. The van der Waals surface area contributed by atoms with E-state index in [0.717, 1.165) is 16.9 Å². The zero-order valence-corrected chi connectivity index (χ0v) is 12.9. The van der Waals surface area contributed by atoms with E-state index in [2.05, 4.69) is 0 Å². The number of aryl methyl sites for hydroxylation is 2. The quantitative estimate of drug-likeness (QED) is 0.583. The minimum atomic E-state index is -0.816. The van der Waals surface area contributed by atoms with Gasteiger partial charge in [-0.1, -0.05) is 12.1 Å². The molecule has 0 aliphatic carbocycles. The molecule has 0 spiro atoms. The summed E-state index contributed by atoms with van der Waals surface area (Å²) in [6.45, 7) is 2.63. The van der Waals surface area contributed by atoms with Crippen LogP contribution in [-0.2, 0) is 20.8 Å². The second-order valence-electron chi connectivity index (χ2n) is 5.36. The molecule has 1 aromatic rings. The van der Waals surface area contributed by atoms with Gasteiger partial charge in [0.05, 0.1) is 6.61 Å². The third-order valence-corrected chi connectivity index (χ3v) is 3.55. The van der Waals surface area contributed by atoms with Crippen molar-refractivity contribution in [2.45, 2.75) is 26.2 Å². The molecule has 2 amide bonds. The molecule has 0 unspecified atom stereocenters. The van der Waals surface area contributed by atoms with Crippen molar-refractivity contribution in [2.75, 3.05) is 13.2 Å². The molecule has 1 aromatic carbocycles. The molecule has 0 saturated carbocycles. The highest BCUT2D eigenvalue weighted by atomic mass is 16.5. The molecule has 1 aliphatic heterocycles. The highest BCUT2D eigenvalue weighted by Crippen LogP contribution is 2.20. The van der Waals surface area contributed by atoms with Crippen molar-refractivity contribution in [1.82, 2.24) is 4.90 Å². The molecule has 1 heterocycles. The highest BCUT2D eigenvalue weighted by molar-refractivity contribution is 6.12. The molecule has 23 heavy (non-hydrogen) atoms. The Labute approximate surface area is 134 Å². The molecule has 6 nitrogen and oxygen atoms in total. The predicted molar refractivity (Wildman–Crippen MR) is 83.1 cm³/mol. The molecule has 1 N–H and O–H groups in total. The summed E-state index contributed by atoms with van der Waals surface area (Å²) in [6.07, 6.45) is 3.68. The Hall–Kier alpha value is -2.63. The fraction of sp³-hybridized carbons (Fsp3) is 0.353. The lowest BCUT2D eigenvalue weighted by atomic mass is 10.1. The summed E-state index contributed by atoms with van der Waals surface area (Å²) in [6, 6.07) is 5.58. The molecule has 122 valence electrons. The average molecular weight is 317 g/mol. The summed E-state index contributed by atoms with van der Waals surface area (Å²) in [4.78, 5) is 34.5. The largest absolute Gasteiger partial charge is 0.493 e. The van der Waals surface area contributed by atoms with Gasteiger partial charge in [-0.3, -0.25) is 19.3 Å². The summed E-state index contributed by atoms with van der Waals surface area (Å²) in [5, 5.41) is 8.69. The first-order valence-electron chi connectivity index (χ1n) is 7.45. The van der Waals surface area contributed by atoms with Crippen LogP contribution in [0.1, 0.15) is 24.0 Å². The van der Waals surface area contributed by atoms with E-state index in [0.29, 0.717) is 26.0 Å². The molecule has 0 radical (unpaired) electrons. The minimum absolute atomic E-state index is 0.103. The number of carboxylic acid groups (broad SMARTS) is 1. The van der Waals surface area contributed by atoms with E-state index in [1.165, 1.54) is 17.1 Å². The number of benzene rings is 1. The Morgan fingerprint density at radius 1 is 1.22 bits per heavy atom. The van der Waals surface area contributed by atoms with E-state index in [9.17, 15) is 14.4 Å². The standard InChI is InChI=1S/C17H19NO5/c1-12-11-13(4-8-17(21)22)3-5-14(12)23-10-2-9-18-15(19)6-7-16(18)20/h3,5-7,11H,2,4,8-10H2,1H3,(H,21,22). The van der Waals surface area contributed by atoms with Crippen LogP contribution in [0.4, 0.5) is 0 Å². The molecule has 0 aromatic heterocycles. The zero-order chi connectivity index (χ0) is 16.8. The van der Waals surface area contributed by atoms with Crippen molar-refractivity contribution in [3.63, 3.8) is 0 Å². The molecular weight excluding hydrogens is 298 g/mol. The van der Waals surface area contributed by atoms with Gasteiger partial charge in [0, 0.05) is 25.1 Å². The number of ether oxygens (including phenoxy) is 1. The van der Waals surface area contributed by atoms with E-state index in [1.807, 2.05) is 25.1 Å². The molecule has 0 saturated heterocycles. The van der Waals surface area contributed by atoms with Gasteiger partial charge < -0.3 is 9.84 Å². The maximum atomic E-state index is 11.4. The Balaban J connectivity index is 1.78. The number of rotatable bonds is 8. The first kappa shape index (κ1) is 16.7. The highest BCUT2D eigenvalue weighted by Gasteiger charge is 2.22. The fourth-order valence-electron chi connectivity index (χ4n) is 2.34. The topological polar surface area (TPSA) is 83.9 Å². The lowest BCUT2D eigenvalue weighted by Gasteiger charge is -2.14. The van der Waals surface area contributed by atoms with Crippen molar-refractivity contribution >= 4 is 17.8 Å². The van der Waals surface area contributed by atoms with Crippen molar-refractivity contribution in [1.29, 1.82) is 0 Å². The van der Waals surface area contributed by atoms with Gasteiger partial charge in [-0.25, -0.2) is 0 Å². The number of carbonyl (C=O) groups excluding carboxylic acids is 2. The lowest BCUT2D eigenvalue weighted by Crippen LogP contribution is -2.31. The second kappa shape index (κ2) is 7.58. The summed E-state index contributed by atoms with van der Waals surface area (Å²) in [5.74, 6) is -0.660. The molecule has 0 fully saturated rings. The Morgan fingerprint density at radius 2 is 1.91 bits per heavy atom. The average Bonchev–Trinajstić information content (AvgIpc) is 2.82. The van der Waals surface area contributed by atoms with Crippen molar-refractivity contribution in [3.8, 4) is 5.75 Å². The van der Waals surface area contributed by atoms with Gasteiger partial charge in [0.15, 0.2) is 0 Å². The number of nitrogens with zero attached hydrogens (tertiary/aromatic N) is 1. The molecule has 2 rings (SSSR count). The normalized spacial score (nSPS) is 13.7. The monoisotopic (exact) mass is 317 g/mol. The lowest BCUT2D eigenvalue weighted by molar-refractivity contribution is -0.138. The Kier molecular flexibility index (Phi) is 5.51. The number of hydrogen-bond acceptors (Lipinski definition) is 4. The molecule has 0 atom stereocenters. The number of imide groups is 1. The molecule has 6 heteroatoms. The van der Waals surface area contributed by atoms with Crippen LogP contribution >= 0.6 is 0 Å². The van der Waals surface area contributed by atoms with Gasteiger partial charge in [0.2, 0.25) is 0 Å². The zero-order valence-electron chi connectivity index (χ0n) is 12.9. The number of amides is 2. The van der Waals surface area contributed by atoms with Gasteiger partial charge in [-0.15, -0.1) is 0 Å². The van der Waals surface area contributed by atoms with E-state index >= 15 is 0 Å². The molecule has 0 bridgehead atoms. The van der Waals surface area contributed by atoms with Crippen molar-refractivity contribution in [3.05, 3.63) is 41.5 Å². The number of carbonyl (C=O) groups is 3.